The molecular formula is C24H27F3O3. The van der Waals surface area contributed by atoms with Gasteiger partial charge in [0.05, 0.1) is 6.61 Å². The molecule has 2 aromatic rings. The van der Waals surface area contributed by atoms with Gasteiger partial charge in [-0.25, -0.2) is 4.79 Å². The number of hydrogen-bond acceptors (Lipinski definition) is 3. The lowest BCUT2D eigenvalue weighted by Gasteiger charge is -2.28. The van der Waals surface area contributed by atoms with E-state index in [1.54, 1.807) is 30.3 Å². The Hall–Kier alpha value is -2.60. The number of ether oxygens (including phenoxy) is 1. The molecule has 6 heteroatoms. The van der Waals surface area contributed by atoms with Crippen LogP contribution in [0, 0.1) is 34.6 Å². The van der Waals surface area contributed by atoms with E-state index in [-0.39, 0.29) is 12.2 Å². The number of alkyl halides is 3. The first-order valence-electron chi connectivity index (χ1n) is 9.68. The number of halogens is 3. The molecule has 0 unspecified atom stereocenters. The molecule has 0 aromatic heterocycles. The molecule has 0 spiro atoms. The van der Waals surface area contributed by atoms with E-state index in [0.717, 1.165) is 27.8 Å². The lowest BCUT2D eigenvalue weighted by atomic mass is 9.82. The quantitative estimate of drug-likeness (QED) is 0.648. The van der Waals surface area contributed by atoms with E-state index < -0.39 is 17.7 Å². The topological polar surface area (TPSA) is 46.5 Å². The largest absolute Gasteiger partial charge is 0.463 e. The van der Waals surface area contributed by atoms with Crippen LogP contribution in [0.1, 0.15) is 45.9 Å². The summed E-state index contributed by atoms with van der Waals surface area (Å²) in [6.07, 6.45) is -4.67. The Morgan fingerprint density at radius 1 is 0.933 bits per heavy atom. The highest BCUT2D eigenvalue weighted by atomic mass is 19.4. The van der Waals surface area contributed by atoms with Gasteiger partial charge in [-0.2, -0.15) is 13.2 Å². The minimum Gasteiger partial charge on any atom is -0.463 e. The lowest BCUT2D eigenvalue weighted by Crippen LogP contribution is -2.51. The van der Waals surface area contributed by atoms with E-state index in [0.29, 0.717) is 17.2 Å². The van der Waals surface area contributed by atoms with Gasteiger partial charge in [0, 0.05) is 0 Å². The minimum atomic E-state index is -5.25. The first-order chi connectivity index (χ1) is 13.9. The molecule has 0 heterocycles. The Morgan fingerprint density at radius 3 is 1.83 bits per heavy atom. The molecule has 0 aliphatic rings. The molecule has 30 heavy (non-hydrogen) atoms. The number of rotatable bonds is 5. The van der Waals surface area contributed by atoms with Gasteiger partial charge in [0.2, 0.25) is 0 Å². The maximum atomic E-state index is 13.9. The molecule has 1 atom stereocenters. The van der Waals surface area contributed by atoms with Gasteiger partial charge in [0.15, 0.2) is 0 Å². The molecule has 0 bridgehead atoms. The van der Waals surface area contributed by atoms with Gasteiger partial charge in [-0.05, 0) is 92.1 Å². The zero-order valence-corrected chi connectivity index (χ0v) is 18.1. The van der Waals surface area contributed by atoms with Gasteiger partial charge in [-0.3, -0.25) is 0 Å². The van der Waals surface area contributed by atoms with Crippen molar-refractivity contribution in [2.75, 3.05) is 6.61 Å². The number of hydrogen-bond donors (Lipinski definition) is 1. The number of esters is 1. The van der Waals surface area contributed by atoms with Crippen molar-refractivity contribution in [2.45, 2.75) is 53.3 Å². The molecule has 2 rings (SSSR count). The van der Waals surface area contributed by atoms with Crippen LogP contribution in [-0.4, -0.2) is 29.5 Å². The minimum absolute atomic E-state index is 0.129. The fraction of sp³-hybridized carbons (Fsp3) is 0.375. The fourth-order valence-corrected chi connectivity index (χ4v) is 3.53. The van der Waals surface area contributed by atoms with Crippen LogP contribution in [0.15, 0.2) is 36.4 Å². The predicted molar refractivity (Wildman–Crippen MR) is 111 cm³/mol. The highest BCUT2D eigenvalue weighted by Crippen LogP contribution is 2.40. The Bertz CT molecular complexity index is 946. The Morgan fingerprint density at radius 2 is 1.40 bits per heavy atom. The Kier molecular flexibility index (Phi) is 6.82. The van der Waals surface area contributed by atoms with Gasteiger partial charge in [-0.15, -0.1) is 0 Å². The zero-order valence-electron chi connectivity index (χ0n) is 18.1. The van der Waals surface area contributed by atoms with Crippen LogP contribution in [0.4, 0.5) is 13.2 Å². The van der Waals surface area contributed by atoms with Crippen molar-refractivity contribution in [2.24, 2.45) is 0 Å². The second kappa shape index (κ2) is 8.64. The fourth-order valence-electron chi connectivity index (χ4n) is 3.53. The summed E-state index contributed by atoms with van der Waals surface area (Å²) in [5.41, 5.74) is 1.90. The summed E-state index contributed by atoms with van der Waals surface area (Å²) >= 11 is 0. The molecule has 0 saturated carbocycles. The molecule has 0 amide bonds. The van der Waals surface area contributed by atoms with E-state index in [2.05, 4.69) is 4.74 Å². The molecule has 0 saturated heterocycles. The zero-order chi connectivity index (χ0) is 22.9. The third kappa shape index (κ3) is 4.15. The number of carbonyl (C=O) groups is 1. The van der Waals surface area contributed by atoms with Crippen molar-refractivity contribution >= 4 is 11.5 Å². The SMILES string of the molecule is CCOC(=O)[C@](O)(/C=C(\c1ccccc1)c1c(C)c(C)c(C)c(C)c1C)C(F)(F)F. The van der Waals surface area contributed by atoms with Gasteiger partial charge >= 0.3 is 12.1 Å². The number of carbonyl (C=O) groups excluding carboxylic acids is 1. The summed E-state index contributed by atoms with van der Waals surface area (Å²) in [6, 6.07) is 8.43. The van der Waals surface area contributed by atoms with Crippen LogP contribution >= 0.6 is 0 Å². The molecule has 3 nitrogen and oxygen atoms in total. The second-order valence-corrected chi connectivity index (χ2v) is 7.41. The third-order valence-corrected chi connectivity index (χ3v) is 5.73. The normalized spacial score (nSPS) is 14.4. The highest BCUT2D eigenvalue weighted by molar-refractivity contribution is 5.91. The van der Waals surface area contributed by atoms with Crippen LogP contribution in [0.2, 0.25) is 0 Å². The van der Waals surface area contributed by atoms with Gasteiger partial charge < -0.3 is 9.84 Å². The monoisotopic (exact) mass is 420 g/mol. The standard InChI is InChI=1S/C24H27F3O3/c1-7-30-22(28)23(29,24(25,26)27)13-20(19-11-9-8-10-12-19)21-17(5)15(3)14(2)16(4)18(21)6/h8-13,29H,7H2,1-6H3/b20-13+/t23-/m1/s1. The van der Waals surface area contributed by atoms with Crippen LogP contribution in [0.25, 0.3) is 5.57 Å². The van der Waals surface area contributed by atoms with Gasteiger partial charge in [0.1, 0.15) is 0 Å². The summed E-state index contributed by atoms with van der Waals surface area (Å²) in [4.78, 5) is 12.2. The Labute approximate surface area is 175 Å². The van der Waals surface area contributed by atoms with Crippen LogP contribution < -0.4 is 0 Å². The van der Waals surface area contributed by atoms with Crippen LogP contribution in [0.5, 0.6) is 0 Å². The smallest absolute Gasteiger partial charge is 0.431 e. The molecular weight excluding hydrogens is 393 g/mol. The number of benzene rings is 2. The summed E-state index contributed by atoms with van der Waals surface area (Å²) in [5.74, 6) is -1.75. The van der Waals surface area contributed by atoms with E-state index in [1.807, 2.05) is 34.6 Å². The Balaban J connectivity index is 2.96. The van der Waals surface area contributed by atoms with E-state index in [1.165, 1.54) is 6.92 Å². The van der Waals surface area contributed by atoms with Crippen LogP contribution in [-0.2, 0) is 9.53 Å². The van der Waals surface area contributed by atoms with E-state index in [9.17, 15) is 23.1 Å². The maximum absolute atomic E-state index is 13.9. The van der Waals surface area contributed by atoms with Crippen molar-refractivity contribution in [1.29, 1.82) is 0 Å². The summed E-state index contributed by atoms with van der Waals surface area (Å²) in [6.45, 7) is 10.5. The molecule has 162 valence electrons. The summed E-state index contributed by atoms with van der Waals surface area (Å²) in [5, 5.41) is 10.5. The lowest BCUT2D eigenvalue weighted by molar-refractivity contribution is -0.245. The van der Waals surface area contributed by atoms with Gasteiger partial charge in [0.25, 0.3) is 5.60 Å². The second-order valence-electron chi connectivity index (χ2n) is 7.41. The first-order valence-corrected chi connectivity index (χ1v) is 9.68. The van der Waals surface area contributed by atoms with Crippen molar-refractivity contribution in [1.82, 2.24) is 0 Å². The molecule has 2 aromatic carbocycles. The van der Waals surface area contributed by atoms with Gasteiger partial charge in [-0.1, -0.05) is 30.3 Å². The summed E-state index contributed by atoms with van der Waals surface area (Å²) in [7, 11) is 0. The third-order valence-electron chi connectivity index (χ3n) is 5.73. The van der Waals surface area contributed by atoms with Crippen molar-refractivity contribution < 1.29 is 27.8 Å². The highest BCUT2D eigenvalue weighted by Gasteiger charge is 2.59. The average Bonchev–Trinajstić information content (AvgIpc) is 2.70. The van der Waals surface area contributed by atoms with Crippen LogP contribution in [0.3, 0.4) is 0 Å². The molecule has 0 fully saturated rings. The first kappa shape index (κ1) is 23.7. The molecule has 0 aliphatic heterocycles. The molecule has 1 N–H and O–H groups in total. The van der Waals surface area contributed by atoms with Crippen molar-refractivity contribution in [3.63, 3.8) is 0 Å². The van der Waals surface area contributed by atoms with E-state index >= 15 is 0 Å². The van der Waals surface area contributed by atoms with Crippen molar-refractivity contribution in [3.8, 4) is 0 Å². The molecule has 0 radical (unpaired) electrons. The van der Waals surface area contributed by atoms with E-state index in [4.69, 9.17) is 0 Å². The predicted octanol–water partition coefficient (Wildman–Crippen LogP) is 5.52. The summed E-state index contributed by atoms with van der Waals surface area (Å²) < 4.78 is 46.3. The average molecular weight is 420 g/mol. The number of aliphatic hydroxyl groups is 1. The molecule has 0 aliphatic carbocycles. The maximum Gasteiger partial charge on any atom is 0.431 e. The van der Waals surface area contributed by atoms with Crippen molar-refractivity contribution in [3.05, 3.63) is 75.4 Å².